The minimum absolute atomic E-state index is 0.128. The Bertz CT molecular complexity index is 589. The number of carbonyl (C=O) groups excluding carboxylic acids is 1. The number of benzene rings is 1. The van der Waals surface area contributed by atoms with Crippen LogP contribution in [0.1, 0.15) is 53.5 Å². The fourth-order valence-corrected chi connectivity index (χ4v) is 3.84. The van der Waals surface area contributed by atoms with Crippen molar-refractivity contribution in [2.45, 2.75) is 59.8 Å². The van der Waals surface area contributed by atoms with Crippen LogP contribution in [-0.4, -0.2) is 31.6 Å². The maximum atomic E-state index is 12.5. The van der Waals surface area contributed by atoms with Crippen molar-refractivity contribution in [1.82, 2.24) is 4.31 Å². The van der Waals surface area contributed by atoms with Crippen molar-refractivity contribution in [2.24, 2.45) is 5.41 Å². The van der Waals surface area contributed by atoms with E-state index in [0.717, 1.165) is 5.56 Å². The summed E-state index contributed by atoms with van der Waals surface area (Å²) in [5, 5.41) is 0. The molecule has 0 unspecified atom stereocenters. The van der Waals surface area contributed by atoms with Crippen molar-refractivity contribution < 1.29 is 13.2 Å². The Kier molecular flexibility index (Phi) is 8.70. The first-order chi connectivity index (χ1) is 10.7. The molecule has 1 aliphatic heterocycles. The van der Waals surface area contributed by atoms with Gasteiger partial charge in [0, 0.05) is 24.9 Å². The second kappa shape index (κ2) is 9.18. The zero-order valence-electron chi connectivity index (χ0n) is 15.5. The Morgan fingerprint density at radius 3 is 1.91 bits per heavy atom. The molecule has 5 heteroatoms. The lowest BCUT2D eigenvalue weighted by Crippen LogP contribution is -2.48. The second-order valence-electron chi connectivity index (χ2n) is 5.71. The van der Waals surface area contributed by atoms with E-state index in [1.165, 1.54) is 4.31 Å². The second-order valence-corrected chi connectivity index (χ2v) is 7.65. The quantitative estimate of drug-likeness (QED) is 0.816. The summed E-state index contributed by atoms with van der Waals surface area (Å²) in [6, 6.07) is 6.81. The van der Waals surface area contributed by atoms with Crippen LogP contribution in [0.5, 0.6) is 0 Å². The molecule has 1 aliphatic rings. The first kappa shape index (κ1) is 21.8. The number of ketones is 1. The van der Waals surface area contributed by atoms with Crippen molar-refractivity contribution in [3.8, 4) is 0 Å². The number of sulfonamides is 1. The van der Waals surface area contributed by atoms with E-state index in [1.54, 1.807) is 38.1 Å². The summed E-state index contributed by atoms with van der Waals surface area (Å²) < 4.78 is 26.4. The number of hydrogen-bond acceptors (Lipinski definition) is 3. The molecule has 132 valence electrons. The maximum Gasteiger partial charge on any atom is 0.243 e. The van der Waals surface area contributed by atoms with Crippen molar-refractivity contribution in [2.75, 3.05) is 13.1 Å². The Morgan fingerprint density at radius 1 is 1.00 bits per heavy atom. The zero-order chi connectivity index (χ0) is 18.3. The van der Waals surface area contributed by atoms with Crippen LogP contribution < -0.4 is 0 Å². The van der Waals surface area contributed by atoms with E-state index in [4.69, 9.17) is 0 Å². The van der Waals surface area contributed by atoms with Crippen molar-refractivity contribution in [3.05, 3.63) is 29.8 Å². The molecule has 1 fully saturated rings. The van der Waals surface area contributed by atoms with Crippen LogP contribution >= 0.6 is 0 Å². The monoisotopic (exact) mass is 341 g/mol. The lowest BCUT2D eigenvalue weighted by Gasteiger charge is -2.35. The highest BCUT2D eigenvalue weighted by molar-refractivity contribution is 7.89. The molecule has 1 heterocycles. The van der Waals surface area contributed by atoms with Gasteiger partial charge in [0.1, 0.15) is 5.78 Å². The lowest BCUT2D eigenvalue weighted by molar-refractivity contribution is -0.129. The number of carbonyl (C=O) groups is 1. The number of Topliss-reactive ketones (excluding diaryl/α,β-unsaturated/α-hetero) is 1. The lowest BCUT2D eigenvalue weighted by atomic mass is 9.84. The third-order valence-corrected chi connectivity index (χ3v) is 5.43. The average molecular weight is 342 g/mol. The molecule has 23 heavy (non-hydrogen) atoms. The standard InChI is InChI=1S/C14H19NO3S.2C2H6/c1-11-4-6-12(7-5-11)19(17,18)15-9-8-13(16)14(2,3)10-15;2*1-2/h4-7H,8-10H2,1-3H3;2*1-2H3. The van der Waals surface area contributed by atoms with Gasteiger partial charge in [0.25, 0.3) is 0 Å². The van der Waals surface area contributed by atoms with E-state index in [0.29, 0.717) is 4.90 Å². The average Bonchev–Trinajstić information content (AvgIpc) is 2.54. The Morgan fingerprint density at radius 2 is 1.48 bits per heavy atom. The van der Waals surface area contributed by atoms with Crippen molar-refractivity contribution in [3.63, 3.8) is 0 Å². The van der Waals surface area contributed by atoms with E-state index in [9.17, 15) is 13.2 Å². The summed E-state index contributed by atoms with van der Waals surface area (Å²) in [7, 11) is -3.49. The van der Waals surface area contributed by atoms with Gasteiger partial charge >= 0.3 is 0 Å². The van der Waals surface area contributed by atoms with Gasteiger partial charge in [-0.3, -0.25) is 4.79 Å². The first-order valence-corrected chi connectivity index (χ1v) is 9.78. The molecule has 0 N–H and O–H groups in total. The SMILES string of the molecule is CC.CC.Cc1ccc(S(=O)(=O)N2CCC(=O)C(C)(C)C2)cc1. The third kappa shape index (κ3) is 5.43. The van der Waals surface area contributed by atoms with Crippen LogP contribution in [0.3, 0.4) is 0 Å². The molecule has 1 saturated heterocycles. The molecule has 1 aromatic rings. The van der Waals surface area contributed by atoms with E-state index in [1.807, 2.05) is 34.6 Å². The normalized spacial score (nSPS) is 17.4. The first-order valence-electron chi connectivity index (χ1n) is 8.34. The van der Waals surface area contributed by atoms with Crippen LogP contribution in [0, 0.1) is 12.3 Å². The van der Waals surface area contributed by atoms with Gasteiger partial charge in [-0.25, -0.2) is 8.42 Å². The van der Waals surface area contributed by atoms with Gasteiger partial charge in [0.05, 0.1) is 4.90 Å². The highest BCUT2D eigenvalue weighted by atomic mass is 32.2. The van der Waals surface area contributed by atoms with Crippen LogP contribution in [0.25, 0.3) is 0 Å². The van der Waals surface area contributed by atoms with Crippen LogP contribution in [0.4, 0.5) is 0 Å². The summed E-state index contributed by atoms with van der Waals surface area (Å²) in [6.07, 6.45) is 0.290. The van der Waals surface area contributed by atoms with Gasteiger partial charge in [-0.1, -0.05) is 59.2 Å². The van der Waals surface area contributed by atoms with Gasteiger partial charge in [-0.15, -0.1) is 0 Å². The number of hydrogen-bond donors (Lipinski definition) is 0. The van der Waals surface area contributed by atoms with E-state index >= 15 is 0 Å². The molecule has 1 aromatic carbocycles. The summed E-state index contributed by atoms with van der Waals surface area (Å²) in [5.41, 5.74) is 0.420. The van der Waals surface area contributed by atoms with Crippen molar-refractivity contribution >= 4 is 15.8 Å². The van der Waals surface area contributed by atoms with Gasteiger partial charge in [0.15, 0.2) is 0 Å². The molecular weight excluding hydrogens is 310 g/mol. The molecule has 2 rings (SSSR count). The van der Waals surface area contributed by atoms with Gasteiger partial charge in [0.2, 0.25) is 10.0 Å². The molecule has 0 aromatic heterocycles. The molecule has 0 radical (unpaired) electrons. The highest BCUT2D eigenvalue weighted by Crippen LogP contribution is 2.29. The zero-order valence-corrected chi connectivity index (χ0v) is 16.3. The fourth-order valence-electron chi connectivity index (χ4n) is 2.24. The van der Waals surface area contributed by atoms with Gasteiger partial charge in [-0.2, -0.15) is 4.31 Å². The van der Waals surface area contributed by atoms with E-state index in [-0.39, 0.29) is 25.3 Å². The van der Waals surface area contributed by atoms with Crippen molar-refractivity contribution in [1.29, 1.82) is 0 Å². The Labute approximate surface area is 141 Å². The van der Waals surface area contributed by atoms with Crippen LogP contribution in [0.2, 0.25) is 0 Å². The van der Waals surface area contributed by atoms with Crippen LogP contribution in [0.15, 0.2) is 29.2 Å². The number of aryl methyl sites for hydroxylation is 1. The predicted molar refractivity (Wildman–Crippen MR) is 96.0 cm³/mol. The minimum atomic E-state index is -3.49. The van der Waals surface area contributed by atoms with E-state index in [2.05, 4.69) is 0 Å². The summed E-state index contributed by atoms with van der Waals surface area (Å²) in [4.78, 5) is 12.0. The molecule has 0 bridgehead atoms. The molecule has 0 saturated carbocycles. The number of rotatable bonds is 2. The molecule has 0 amide bonds. The molecule has 0 spiro atoms. The number of nitrogens with zero attached hydrogens (tertiary/aromatic N) is 1. The summed E-state index contributed by atoms with van der Waals surface area (Å²) in [5.74, 6) is 0.128. The fraction of sp³-hybridized carbons (Fsp3) is 0.611. The van der Waals surface area contributed by atoms with Crippen LogP contribution in [-0.2, 0) is 14.8 Å². The molecular formula is C18H31NO3S. The topological polar surface area (TPSA) is 54.5 Å². The van der Waals surface area contributed by atoms with E-state index < -0.39 is 15.4 Å². The highest BCUT2D eigenvalue weighted by Gasteiger charge is 2.39. The summed E-state index contributed by atoms with van der Waals surface area (Å²) >= 11 is 0. The number of piperidine rings is 1. The maximum absolute atomic E-state index is 12.5. The van der Waals surface area contributed by atoms with Gasteiger partial charge < -0.3 is 0 Å². The smallest absolute Gasteiger partial charge is 0.243 e. The third-order valence-electron chi connectivity index (χ3n) is 3.57. The summed E-state index contributed by atoms with van der Waals surface area (Å²) in [6.45, 7) is 14.0. The molecule has 0 aliphatic carbocycles. The molecule has 4 nitrogen and oxygen atoms in total. The molecule has 0 atom stereocenters. The predicted octanol–water partition coefficient (Wildman–Crippen LogP) is 4.04. The largest absolute Gasteiger partial charge is 0.299 e. The Balaban J connectivity index is 0.00000112. The Hall–Kier alpha value is -1.20. The minimum Gasteiger partial charge on any atom is -0.299 e. The van der Waals surface area contributed by atoms with Gasteiger partial charge in [-0.05, 0) is 19.1 Å².